The molecule has 4 heterocycles. The highest BCUT2D eigenvalue weighted by Gasteiger charge is 2.60. The van der Waals surface area contributed by atoms with Gasteiger partial charge in [-0.15, -0.1) is 11.8 Å². The van der Waals surface area contributed by atoms with Crippen LogP contribution in [0.5, 0.6) is 0 Å². The Bertz CT molecular complexity index is 964. The molecule has 6 atom stereocenters. The SMILES string of the molecule is CC(O)C1C(=O)N2C(C(=O)O)=C(SC3CNC(C(=O)N4CC[N+](C)(CCOC(N)=O)CC4)C3)C(C)C12. The average molecular weight is 527 g/mol. The van der Waals surface area contributed by atoms with Crippen molar-refractivity contribution in [1.82, 2.24) is 15.1 Å². The molecule has 13 heteroatoms. The Morgan fingerprint density at radius 3 is 2.56 bits per heavy atom. The second-order valence-corrected chi connectivity index (χ2v) is 11.8. The molecule has 0 spiro atoms. The van der Waals surface area contributed by atoms with Crippen LogP contribution in [0.25, 0.3) is 0 Å². The number of hydrogen-bond donors (Lipinski definition) is 4. The summed E-state index contributed by atoms with van der Waals surface area (Å²) in [5.74, 6) is -2.22. The van der Waals surface area contributed by atoms with E-state index in [1.54, 1.807) is 6.92 Å². The fourth-order valence-electron chi connectivity index (χ4n) is 5.82. The highest BCUT2D eigenvalue weighted by Crippen LogP contribution is 2.51. The van der Waals surface area contributed by atoms with Crippen molar-refractivity contribution in [1.29, 1.82) is 0 Å². The quantitative estimate of drug-likeness (QED) is 0.229. The van der Waals surface area contributed by atoms with Crippen LogP contribution in [0, 0.1) is 11.8 Å². The highest BCUT2D eigenvalue weighted by molar-refractivity contribution is 8.03. The molecule has 3 saturated heterocycles. The first-order valence-corrected chi connectivity index (χ1v) is 13.2. The normalized spacial score (nSPS) is 32.2. The summed E-state index contributed by atoms with van der Waals surface area (Å²) in [7, 11) is 2.07. The number of carboxylic acid groups (broad SMARTS) is 1. The van der Waals surface area contributed by atoms with E-state index >= 15 is 0 Å². The number of piperazine rings is 1. The number of quaternary nitrogens is 1. The average Bonchev–Trinajstić information content (AvgIpc) is 3.35. The minimum Gasteiger partial charge on any atom is -0.477 e. The number of aliphatic hydroxyl groups excluding tert-OH is 1. The molecular weight excluding hydrogens is 490 g/mol. The van der Waals surface area contributed by atoms with Gasteiger partial charge in [0.1, 0.15) is 18.8 Å². The number of likely N-dealkylation sites (N-methyl/N-ethyl adjacent to an activating group) is 1. The first kappa shape index (κ1) is 26.7. The Morgan fingerprint density at radius 1 is 1.31 bits per heavy atom. The molecule has 0 aromatic heterocycles. The van der Waals surface area contributed by atoms with Gasteiger partial charge in [0.15, 0.2) is 0 Å². The molecule has 0 aromatic rings. The van der Waals surface area contributed by atoms with Crippen LogP contribution < -0.4 is 11.1 Å². The molecule has 0 radical (unpaired) electrons. The maximum atomic E-state index is 13.2. The summed E-state index contributed by atoms with van der Waals surface area (Å²) in [6.45, 7) is 7.63. The lowest BCUT2D eigenvalue weighted by molar-refractivity contribution is -0.913. The van der Waals surface area contributed by atoms with Crippen LogP contribution in [0.3, 0.4) is 0 Å². The number of aliphatic carboxylic acids is 1. The van der Waals surface area contributed by atoms with E-state index < -0.39 is 24.1 Å². The lowest BCUT2D eigenvalue weighted by atomic mass is 9.79. The van der Waals surface area contributed by atoms with E-state index in [0.717, 1.165) is 13.1 Å². The molecule has 4 rings (SSSR count). The molecule has 200 valence electrons. The lowest BCUT2D eigenvalue weighted by Crippen LogP contribution is -2.63. The number of amides is 3. The number of nitrogens with two attached hydrogens (primary N) is 1. The van der Waals surface area contributed by atoms with Gasteiger partial charge in [0.2, 0.25) is 11.8 Å². The number of rotatable bonds is 8. The highest BCUT2D eigenvalue weighted by atomic mass is 32.2. The number of β-lactam (4-membered cyclic amide) rings is 1. The lowest BCUT2D eigenvalue weighted by Gasteiger charge is -2.46. The van der Waals surface area contributed by atoms with Gasteiger partial charge in [0, 0.05) is 22.6 Å². The second-order valence-electron chi connectivity index (χ2n) is 10.5. The number of thioether (sulfide) groups is 1. The molecule has 4 aliphatic heterocycles. The standard InChI is InChI=1S/C23H35N5O7S/c1-12-17-16(13(2)29)21(31)27(17)18(22(32)33)19(12)36-14-10-15(25-11-14)20(30)26-4-6-28(3,7-5-26)8-9-35-23(24)34/h12-17,25,29H,4-11H2,1-3H3,(H2-,24,32,33,34)/p+1. The molecule has 0 aliphatic carbocycles. The number of ether oxygens (including phenoxy) is 1. The molecule has 36 heavy (non-hydrogen) atoms. The summed E-state index contributed by atoms with van der Waals surface area (Å²) in [5, 5.41) is 23.2. The van der Waals surface area contributed by atoms with Crippen LogP contribution >= 0.6 is 11.8 Å². The summed E-state index contributed by atoms with van der Waals surface area (Å²) in [6.07, 6.45) is -1.05. The van der Waals surface area contributed by atoms with Crippen molar-refractivity contribution in [2.45, 2.75) is 43.7 Å². The van der Waals surface area contributed by atoms with Crippen LogP contribution in [0.1, 0.15) is 20.3 Å². The molecule has 3 fully saturated rings. The minimum atomic E-state index is -1.14. The zero-order valence-corrected chi connectivity index (χ0v) is 21.7. The first-order valence-electron chi connectivity index (χ1n) is 12.4. The monoisotopic (exact) mass is 526 g/mol. The Balaban J connectivity index is 1.33. The number of carbonyl (C=O) groups excluding carboxylic acids is 3. The number of nitrogens with one attached hydrogen (secondary N) is 1. The zero-order chi connectivity index (χ0) is 26.4. The van der Waals surface area contributed by atoms with E-state index in [4.69, 9.17) is 10.5 Å². The Kier molecular flexibility index (Phi) is 7.56. The van der Waals surface area contributed by atoms with Crippen LogP contribution in [-0.4, -0.2) is 125 Å². The third kappa shape index (κ3) is 4.93. The van der Waals surface area contributed by atoms with Gasteiger partial charge in [-0.3, -0.25) is 9.59 Å². The van der Waals surface area contributed by atoms with Crippen LogP contribution in [0.4, 0.5) is 4.79 Å². The third-order valence-electron chi connectivity index (χ3n) is 8.00. The van der Waals surface area contributed by atoms with Gasteiger partial charge in [-0.25, -0.2) is 9.59 Å². The van der Waals surface area contributed by atoms with Crippen molar-refractivity contribution in [3.8, 4) is 0 Å². The van der Waals surface area contributed by atoms with Crippen LogP contribution in [-0.2, 0) is 19.1 Å². The Morgan fingerprint density at radius 2 is 1.97 bits per heavy atom. The first-order chi connectivity index (χ1) is 16.9. The van der Waals surface area contributed by atoms with Gasteiger partial charge in [0.05, 0.1) is 57.3 Å². The van der Waals surface area contributed by atoms with Gasteiger partial charge in [0.25, 0.3) is 0 Å². The molecule has 5 N–H and O–H groups in total. The van der Waals surface area contributed by atoms with Crippen molar-refractivity contribution in [3.63, 3.8) is 0 Å². The van der Waals surface area contributed by atoms with Gasteiger partial charge in [-0.1, -0.05) is 6.92 Å². The molecule has 12 nitrogen and oxygen atoms in total. The van der Waals surface area contributed by atoms with E-state index in [-0.39, 0.29) is 47.4 Å². The molecule has 0 aromatic carbocycles. The molecule has 6 unspecified atom stereocenters. The van der Waals surface area contributed by atoms with E-state index in [2.05, 4.69) is 12.4 Å². The van der Waals surface area contributed by atoms with E-state index in [1.165, 1.54) is 16.7 Å². The number of aliphatic hydroxyl groups is 1. The third-order valence-corrected chi connectivity index (χ3v) is 9.51. The van der Waals surface area contributed by atoms with Crippen LogP contribution in [0.2, 0.25) is 0 Å². The topological polar surface area (TPSA) is 162 Å². The van der Waals surface area contributed by atoms with Gasteiger partial charge in [-0.2, -0.15) is 0 Å². The largest absolute Gasteiger partial charge is 0.477 e. The van der Waals surface area contributed by atoms with E-state index in [9.17, 15) is 29.4 Å². The van der Waals surface area contributed by atoms with Crippen molar-refractivity contribution < 1.29 is 38.6 Å². The fraction of sp³-hybridized carbons (Fsp3) is 0.739. The number of primary amides is 1. The zero-order valence-electron chi connectivity index (χ0n) is 20.9. The Labute approximate surface area is 214 Å². The van der Waals surface area contributed by atoms with Gasteiger partial charge >= 0.3 is 12.1 Å². The minimum absolute atomic E-state index is 0.00124. The predicted octanol–water partition coefficient (Wildman–Crippen LogP) is -1.01. The predicted molar refractivity (Wildman–Crippen MR) is 130 cm³/mol. The second kappa shape index (κ2) is 10.2. The van der Waals surface area contributed by atoms with E-state index in [0.29, 0.717) is 42.0 Å². The summed E-state index contributed by atoms with van der Waals surface area (Å²) in [6, 6.07) is -0.681. The number of hydrogen-bond acceptors (Lipinski definition) is 8. The number of carboxylic acids is 1. The summed E-state index contributed by atoms with van der Waals surface area (Å²) < 4.78 is 5.55. The molecule has 3 amide bonds. The van der Waals surface area contributed by atoms with Gasteiger partial charge in [-0.05, 0) is 13.3 Å². The van der Waals surface area contributed by atoms with Crippen molar-refractivity contribution in [3.05, 3.63) is 10.6 Å². The number of fused-ring (bicyclic) bond motifs is 1. The number of carbonyl (C=O) groups is 4. The van der Waals surface area contributed by atoms with Crippen LogP contribution in [0.15, 0.2) is 10.6 Å². The summed E-state index contributed by atoms with van der Waals surface area (Å²) >= 11 is 1.44. The molecule has 4 aliphatic rings. The summed E-state index contributed by atoms with van der Waals surface area (Å²) in [4.78, 5) is 52.4. The van der Waals surface area contributed by atoms with Crippen molar-refractivity contribution >= 4 is 35.6 Å². The van der Waals surface area contributed by atoms with E-state index in [1.807, 2.05) is 11.8 Å². The summed E-state index contributed by atoms with van der Waals surface area (Å²) in [5.41, 5.74) is 5.04. The molecular formula is C23H36N5O7S+. The maximum absolute atomic E-state index is 13.2. The van der Waals surface area contributed by atoms with Gasteiger partial charge < -0.3 is 40.3 Å². The molecule has 0 bridgehead atoms. The fourth-order valence-corrected chi connectivity index (χ4v) is 7.30. The smallest absolute Gasteiger partial charge is 0.404 e. The van der Waals surface area contributed by atoms with Crippen molar-refractivity contribution in [2.24, 2.45) is 17.6 Å². The molecule has 0 saturated carbocycles. The van der Waals surface area contributed by atoms with Crippen molar-refractivity contribution in [2.75, 3.05) is 52.9 Å². The maximum Gasteiger partial charge on any atom is 0.404 e. The Hall–Kier alpha value is -2.35. The number of nitrogens with zero attached hydrogens (tertiary/aromatic N) is 3.